The second-order valence-corrected chi connectivity index (χ2v) is 3.27. The number of hydrogen-bond acceptors (Lipinski definition) is 1. The Bertz CT molecular complexity index is 132. The molecule has 0 aliphatic rings. The summed E-state index contributed by atoms with van der Waals surface area (Å²) in [6, 6.07) is 0. The highest BCUT2D eigenvalue weighted by Crippen LogP contribution is 2.08. The molecule has 0 saturated carbocycles. The number of allylic oxidation sites excluding steroid dienone is 1. The predicted molar refractivity (Wildman–Crippen MR) is 50.2 cm³/mol. The lowest BCUT2D eigenvalue weighted by Gasteiger charge is -1.99. The van der Waals surface area contributed by atoms with Crippen LogP contribution in [0.3, 0.4) is 0 Å². The highest BCUT2D eigenvalue weighted by Gasteiger charge is 1.95. The fourth-order valence-electron chi connectivity index (χ4n) is 1.06. The van der Waals surface area contributed by atoms with Crippen molar-refractivity contribution in [2.24, 2.45) is 0 Å². The summed E-state index contributed by atoms with van der Waals surface area (Å²) in [6.45, 7) is 5.83. The molecule has 70 valence electrons. The Morgan fingerprint density at radius 1 is 1.17 bits per heavy atom. The molecule has 12 heavy (non-hydrogen) atoms. The smallest absolute Gasteiger partial charge is 0.303 e. The molecule has 0 heterocycles. The quantitative estimate of drug-likeness (QED) is 0.471. The molecule has 0 saturated heterocycles. The molecular weight excluding hydrogens is 152 g/mol. The van der Waals surface area contributed by atoms with Crippen molar-refractivity contribution in [1.29, 1.82) is 0 Å². The van der Waals surface area contributed by atoms with Crippen molar-refractivity contribution in [3.8, 4) is 0 Å². The molecule has 0 atom stereocenters. The van der Waals surface area contributed by atoms with Gasteiger partial charge in [-0.1, -0.05) is 18.4 Å². The van der Waals surface area contributed by atoms with Gasteiger partial charge in [-0.3, -0.25) is 4.79 Å². The molecule has 0 fully saturated rings. The van der Waals surface area contributed by atoms with Gasteiger partial charge in [-0.2, -0.15) is 0 Å². The molecule has 0 aliphatic heterocycles. The molecule has 0 amide bonds. The van der Waals surface area contributed by atoms with Crippen molar-refractivity contribution in [3.63, 3.8) is 0 Å². The summed E-state index contributed by atoms with van der Waals surface area (Å²) < 4.78 is 0. The fraction of sp³-hybridized carbons (Fsp3) is 0.700. The first-order valence-corrected chi connectivity index (χ1v) is 4.49. The lowest BCUT2D eigenvalue weighted by molar-refractivity contribution is -0.137. The van der Waals surface area contributed by atoms with Crippen molar-refractivity contribution >= 4 is 5.97 Å². The standard InChI is InChI=1S/C10H18O2/c1-9(2)7-5-3-4-6-8-10(11)12/h1,3-8H2,2H3,(H,11,12). The number of rotatable bonds is 7. The Hall–Kier alpha value is -0.790. The molecule has 0 radical (unpaired) electrons. The summed E-state index contributed by atoms with van der Waals surface area (Å²) in [5, 5.41) is 8.34. The Morgan fingerprint density at radius 2 is 1.67 bits per heavy atom. The zero-order valence-electron chi connectivity index (χ0n) is 7.81. The van der Waals surface area contributed by atoms with Crippen LogP contribution in [0.1, 0.15) is 45.4 Å². The topological polar surface area (TPSA) is 37.3 Å². The lowest BCUT2D eigenvalue weighted by atomic mass is 10.1. The average Bonchev–Trinajstić information content (AvgIpc) is 1.95. The van der Waals surface area contributed by atoms with Gasteiger partial charge < -0.3 is 5.11 Å². The Balaban J connectivity index is 3.01. The van der Waals surface area contributed by atoms with Gasteiger partial charge in [-0.15, -0.1) is 6.58 Å². The SMILES string of the molecule is C=C(C)CCCCCCC(=O)O. The minimum atomic E-state index is -0.685. The first-order chi connectivity index (χ1) is 5.63. The van der Waals surface area contributed by atoms with Crippen LogP contribution in [0, 0.1) is 0 Å². The zero-order chi connectivity index (χ0) is 9.40. The van der Waals surface area contributed by atoms with E-state index in [4.69, 9.17) is 5.11 Å². The van der Waals surface area contributed by atoms with E-state index in [1.54, 1.807) is 0 Å². The van der Waals surface area contributed by atoms with Crippen LogP contribution in [-0.4, -0.2) is 11.1 Å². The van der Waals surface area contributed by atoms with Crippen LogP contribution in [0.15, 0.2) is 12.2 Å². The number of aliphatic carboxylic acids is 1. The van der Waals surface area contributed by atoms with Crippen molar-refractivity contribution in [2.45, 2.75) is 45.4 Å². The molecule has 0 bridgehead atoms. The third kappa shape index (κ3) is 9.21. The summed E-state index contributed by atoms with van der Waals surface area (Å²) in [4.78, 5) is 10.1. The van der Waals surface area contributed by atoms with Crippen LogP contribution >= 0.6 is 0 Å². The summed E-state index contributed by atoms with van der Waals surface area (Å²) in [7, 11) is 0. The lowest BCUT2D eigenvalue weighted by Crippen LogP contribution is -1.93. The molecule has 0 aromatic rings. The van der Waals surface area contributed by atoms with E-state index in [0.29, 0.717) is 6.42 Å². The van der Waals surface area contributed by atoms with Crippen LogP contribution in [0.25, 0.3) is 0 Å². The second kappa shape index (κ2) is 6.89. The average molecular weight is 170 g/mol. The van der Waals surface area contributed by atoms with E-state index in [1.165, 1.54) is 5.57 Å². The van der Waals surface area contributed by atoms with Crippen LogP contribution < -0.4 is 0 Å². The van der Waals surface area contributed by atoms with Crippen molar-refractivity contribution < 1.29 is 9.90 Å². The van der Waals surface area contributed by atoms with Gasteiger partial charge in [0, 0.05) is 6.42 Å². The van der Waals surface area contributed by atoms with Gasteiger partial charge in [0.15, 0.2) is 0 Å². The van der Waals surface area contributed by atoms with Gasteiger partial charge in [-0.25, -0.2) is 0 Å². The minimum Gasteiger partial charge on any atom is -0.481 e. The van der Waals surface area contributed by atoms with Crippen LogP contribution in [-0.2, 0) is 4.79 Å². The summed E-state index contributed by atoms with van der Waals surface area (Å²) in [6.07, 6.45) is 5.50. The molecule has 1 N–H and O–H groups in total. The largest absolute Gasteiger partial charge is 0.481 e. The number of carbonyl (C=O) groups is 1. The molecule has 2 nitrogen and oxygen atoms in total. The van der Waals surface area contributed by atoms with Crippen molar-refractivity contribution in [2.75, 3.05) is 0 Å². The molecule has 2 heteroatoms. The summed E-state index contributed by atoms with van der Waals surface area (Å²) in [5.41, 5.74) is 1.22. The number of carboxylic acid groups (broad SMARTS) is 1. The number of unbranched alkanes of at least 4 members (excludes halogenated alkanes) is 3. The summed E-state index contributed by atoms with van der Waals surface area (Å²) in [5.74, 6) is -0.685. The van der Waals surface area contributed by atoms with E-state index >= 15 is 0 Å². The maximum atomic E-state index is 10.1. The molecule has 0 rings (SSSR count). The van der Waals surface area contributed by atoms with E-state index in [1.807, 2.05) is 6.92 Å². The normalized spacial score (nSPS) is 9.75. The highest BCUT2D eigenvalue weighted by atomic mass is 16.4. The molecular formula is C10H18O2. The summed E-state index contributed by atoms with van der Waals surface area (Å²) >= 11 is 0. The zero-order valence-corrected chi connectivity index (χ0v) is 7.81. The van der Waals surface area contributed by atoms with E-state index in [-0.39, 0.29) is 0 Å². The molecule has 0 aliphatic carbocycles. The Kier molecular flexibility index (Phi) is 6.44. The van der Waals surface area contributed by atoms with Crippen molar-refractivity contribution in [1.82, 2.24) is 0 Å². The van der Waals surface area contributed by atoms with Gasteiger partial charge in [0.05, 0.1) is 0 Å². The van der Waals surface area contributed by atoms with Crippen LogP contribution in [0.4, 0.5) is 0 Å². The first kappa shape index (κ1) is 11.2. The van der Waals surface area contributed by atoms with Gasteiger partial charge >= 0.3 is 5.97 Å². The molecule has 0 aromatic carbocycles. The molecule has 0 aromatic heterocycles. The Morgan fingerprint density at radius 3 is 2.08 bits per heavy atom. The monoisotopic (exact) mass is 170 g/mol. The van der Waals surface area contributed by atoms with Gasteiger partial charge in [0.25, 0.3) is 0 Å². The van der Waals surface area contributed by atoms with E-state index in [0.717, 1.165) is 32.1 Å². The highest BCUT2D eigenvalue weighted by molar-refractivity contribution is 5.66. The van der Waals surface area contributed by atoms with Gasteiger partial charge in [-0.05, 0) is 26.2 Å². The number of carboxylic acids is 1. The molecule has 0 spiro atoms. The Labute approximate surface area is 74.3 Å². The van der Waals surface area contributed by atoms with Crippen LogP contribution in [0.2, 0.25) is 0 Å². The second-order valence-electron chi connectivity index (χ2n) is 3.27. The first-order valence-electron chi connectivity index (χ1n) is 4.49. The fourth-order valence-corrected chi connectivity index (χ4v) is 1.06. The van der Waals surface area contributed by atoms with Crippen LogP contribution in [0.5, 0.6) is 0 Å². The molecule has 0 unspecified atom stereocenters. The third-order valence-electron chi connectivity index (χ3n) is 1.74. The number of hydrogen-bond donors (Lipinski definition) is 1. The maximum absolute atomic E-state index is 10.1. The third-order valence-corrected chi connectivity index (χ3v) is 1.74. The van der Waals surface area contributed by atoms with Gasteiger partial charge in [0.1, 0.15) is 0 Å². The van der Waals surface area contributed by atoms with E-state index in [2.05, 4.69) is 6.58 Å². The van der Waals surface area contributed by atoms with Crippen molar-refractivity contribution in [3.05, 3.63) is 12.2 Å². The van der Waals surface area contributed by atoms with E-state index in [9.17, 15) is 4.79 Å². The minimum absolute atomic E-state index is 0.313. The van der Waals surface area contributed by atoms with Gasteiger partial charge in [0.2, 0.25) is 0 Å². The van der Waals surface area contributed by atoms with E-state index < -0.39 is 5.97 Å². The maximum Gasteiger partial charge on any atom is 0.303 e. The predicted octanol–water partition coefficient (Wildman–Crippen LogP) is 2.99.